The van der Waals surface area contributed by atoms with Crippen LogP contribution in [0, 0.1) is 11.3 Å². The first-order valence-corrected chi connectivity index (χ1v) is 13.6. The number of aliphatic carboxylic acids is 1. The van der Waals surface area contributed by atoms with Crippen LogP contribution in [-0.2, 0) is 16.0 Å². The number of carboxylic acids is 1. The lowest BCUT2D eigenvalue weighted by Crippen LogP contribution is -2.43. The molecule has 2 aliphatic rings. The molecule has 36 heavy (non-hydrogen) atoms. The molecule has 2 fully saturated rings. The minimum Gasteiger partial charge on any atom is -0.481 e. The maximum atomic E-state index is 13.1. The van der Waals surface area contributed by atoms with Crippen LogP contribution in [0.15, 0.2) is 18.2 Å². The van der Waals surface area contributed by atoms with Crippen molar-refractivity contribution in [3.05, 3.63) is 34.3 Å². The number of halogens is 1. The lowest BCUT2D eigenvalue weighted by molar-refractivity contribution is -0.137. The Morgan fingerprint density at radius 3 is 2.50 bits per heavy atom. The number of carboxylic acid groups (broad SMARTS) is 1. The molecule has 2 amide bonds. The van der Waals surface area contributed by atoms with Crippen LogP contribution in [0.5, 0.6) is 0 Å². The third-order valence-corrected chi connectivity index (χ3v) is 7.73. The molecule has 1 aromatic carbocycles. The second kappa shape index (κ2) is 12.3. The lowest BCUT2D eigenvalue weighted by Gasteiger charge is -2.45. The van der Waals surface area contributed by atoms with Gasteiger partial charge in [0.15, 0.2) is 0 Å². The van der Waals surface area contributed by atoms with Crippen LogP contribution < -0.4 is 5.32 Å². The number of ether oxygens (including phenoxy) is 1. The van der Waals surface area contributed by atoms with Gasteiger partial charge in [0.25, 0.3) is 5.91 Å². The highest BCUT2D eigenvalue weighted by molar-refractivity contribution is 6.33. The predicted molar refractivity (Wildman–Crippen MR) is 140 cm³/mol. The Bertz CT molecular complexity index is 932. The van der Waals surface area contributed by atoms with E-state index in [0.717, 1.165) is 11.5 Å². The maximum absolute atomic E-state index is 13.1. The van der Waals surface area contributed by atoms with E-state index < -0.39 is 17.7 Å². The van der Waals surface area contributed by atoms with E-state index in [1.165, 1.54) is 49.8 Å². The summed E-state index contributed by atoms with van der Waals surface area (Å²) in [7, 11) is 0. The van der Waals surface area contributed by atoms with E-state index in [0.29, 0.717) is 36.5 Å². The molecule has 0 aromatic heterocycles. The van der Waals surface area contributed by atoms with E-state index in [1.54, 1.807) is 26.8 Å². The summed E-state index contributed by atoms with van der Waals surface area (Å²) >= 11 is 6.39. The second-order valence-electron chi connectivity index (χ2n) is 11.6. The first-order valence-electron chi connectivity index (χ1n) is 13.2. The molecule has 0 radical (unpaired) electrons. The molecule has 200 valence electrons. The highest BCUT2D eigenvalue weighted by Crippen LogP contribution is 2.48. The number of hydrogen-bond donors (Lipinski definition) is 2. The molecule has 2 bridgehead atoms. The van der Waals surface area contributed by atoms with Crippen LogP contribution in [-0.4, -0.2) is 53.2 Å². The summed E-state index contributed by atoms with van der Waals surface area (Å²) in [6.07, 6.45) is 9.31. The van der Waals surface area contributed by atoms with Gasteiger partial charge in [0.2, 0.25) is 0 Å². The van der Waals surface area contributed by atoms with E-state index in [9.17, 15) is 14.4 Å². The Hall–Kier alpha value is -2.28. The Morgan fingerprint density at radius 2 is 1.86 bits per heavy atom. The summed E-state index contributed by atoms with van der Waals surface area (Å²) in [6.45, 7) is 6.48. The van der Waals surface area contributed by atoms with Crippen molar-refractivity contribution in [3.63, 3.8) is 0 Å². The number of carbonyl (C=O) groups excluding carboxylic acids is 2. The van der Waals surface area contributed by atoms with Crippen LogP contribution in [0.4, 0.5) is 4.79 Å². The minimum atomic E-state index is -0.964. The third-order valence-electron chi connectivity index (χ3n) is 7.40. The minimum absolute atomic E-state index is 0.0845. The molecule has 0 atom stereocenters. The zero-order valence-corrected chi connectivity index (χ0v) is 22.7. The summed E-state index contributed by atoms with van der Waals surface area (Å²) in [6, 6.07) is 5.46. The van der Waals surface area contributed by atoms with Crippen molar-refractivity contribution in [1.82, 2.24) is 10.2 Å². The van der Waals surface area contributed by atoms with E-state index >= 15 is 0 Å². The lowest BCUT2D eigenvalue weighted by atomic mass is 9.62. The molecule has 0 heterocycles. The Kier molecular flexibility index (Phi) is 9.67. The molecule has 0 saturated heterocycles. The monoisotopic (exact) mass is 520 g/mol. The van der Waals surface area contributed by atoms with Crippen LogP contribution in [0.1, 0.15) is 94.5 Å². The fourth-order valence-corrected chi connectivity index (χ4v) is 5.86. The predicted octanol–water partition coefficient (Wildman–Crippen LogP) is 6.07. The number of nitrogens with zero attached hydrogens (tertiary/aromatic N) is 1. The molecule has 2 saturated carbocycles. The number of benzene rings is 1. The van der Waals surface area contributed by atoms with Crippen molar-refractivity contribution >= 4 is 29.6 Å². The van der Waals surface area contributed by atoms with E-state index in [-0.39, 0.29) is 24.3 Å². The Morgan fingerprint density at radius 1 is 1.17 bits per heavy atom. The molecule has 8 heteroatoms. The summed E-state index contributed by atoms with van der Waals surface area (Å²) in [4.78, 5) is 38.0. The number of amides is 2. The normalized spacial score (nSPS) is 21.5. The van der Waals surface area contributed by atoms with Gasteiger partial charge in [-0.2, -0.15) is 0 Å². The van der Waals surface area contributed by atoms with Crippen molar-refractivity contribution in [2.24, 2.45) is 11.3 Å². The molecular formula is C28H41ClN2O5. The van der Waals surface area contributed by atoms with Gasteiger partial charge in [-0.25, -0.2) is 4.79 Å². The second-order valence-corrected chi connectivity index (χ2v) is 12.0. The number of aryl methyl sites for hydroxylation is 1. The highest BCUT2D eigenvalue weighted by Gasteiger charge is 2.39. The third kappa shape index (κ3) is 8.39. The van der Waals surface area contributed by atoms with E-state index in [2.05, 4.69) is 5.32 Å². The van der Waals surface area contributed by atoms with E-state index in [1.807, 2.05) is 12.1 Å². The fourth-order valence-electron chi connectivity index (χ4n) is 5.66. The summed E-state index contributed by atoms with van der Waals surface area (Å²) in [5, 5.41) is 12.6. The standard InChI is InChI=1S/C28H41ClN2O5/c1-27(2,3)36-26(35)31(16-12-24(32)33)15-6-9-20-10-11-23(29)22(17-20)25(34)30-19-28-13-4-7-21(18-28)8-5-14-28/h10-11,17,21H,4-9,12-16,18-19H2,1-3H3,(H,30,34)(H,32,33). The molecule has 0 unspecified atom stereocenters. The maximum Gasteiger partial charge on any atom is 0.410 e. The van der Waals surface area contributed by atoms with Gasteiger partial charge in [-0.15, -0.1) is 0 Å². The van der Waals surface area contributed by atoms with Crippen molar-refractivity contribution < 1.29 is 24.2 Å². The largest absolute Gasteiger partial charge is 0.481 e. The number of hydrogen-bond acceptors (Lipinski definition) is 4. The molecule has 7 nitrogen and oxygen atoms in total. The summed E-state index contributed by atoms with van der Waals surface area (Å²) in [5.41, 5.74) is 0.999. The molecule has 1 aromatic rings. The molecule has 3 rings (SSSR count). The number of rotatable bonds is 10. The van der Waals surface area contributed by atoms with Gasteiger partial charge in [-0.1, -0.05) is 43.4 Å². The summed E-state index contributed by atoms with van der Waals surface area (Å²) in [5.74, 6) is -0.291. The molecule has 2 aliphatic carbocycles. The van der Waals surface area contributed by atoms with Gasteiger partial charge in [-0.05, 0) is 81.9 Å². The summed E-state index contributed by atoms with van der Waals surface area (Å²) < 4.78 is 5.43. The molecular weight excluding hydrogens is 480 g/mol. The highest BCUT2D eigenvalue weighted by atomic mass is 35.5. The molecule has 0 spiro atoms. The van der Waals surface area contributed by atoms with Crippen molar-refractivity contribution in [2.75, 3.05) is 19.6 Å². The topological polar surface area (TPSA) is 95.9 Å². The van der Waals surface area contributed by atoms with Gasteiger partial charge in [-0.3, -0.25) is 9.59 Å². The zero-order valence-electron chi connectivity index (χ0n) is 21.9. The average Bonchev–Trinajstić information content (AvgIpc) is 2.79. The van der Waals surface area contributed by atoms with Gasteiger partial charge in [0.1, 0.15) is 5.60 Å². The van der Waals surface area contributed by atoms with E-state index in [4.69, 9.17) is 21.4 Å². The quantitative estimate of drug-likeness (QED) is 0.390. The van der Waals surface area contributed by atoms with Crippen molar-refractivity contribution in [3.8, 4) is 0 Å². The van der Waals surface area contributed by atoms with Gasteiger partial charge < -0.3 is 20.1 Å². The Balaban J connectivity index is 1.57. The smallest absolute Gasteiger partial charge is 0.410 e. The van der Waals surface area contributed by atoms with Crippen molar-refractivity contribution in [2.45, 2.75) is 90.6 Å². The number of fused-ring (bicyclic) bond motifs is 2. The fraction of sp³-hybridized carbons (Fsp3) is 0.679. The Labute approximate surface area is 219 Å². The van der Waals surface area contributed by atoms with Crippen LogP contribution >= 0.6 is 11.6 Å². The molecule has 0 aliphatic heterocycles. The zero-order chi connectivity index (χ0) is 26.3. The van der Waals surface area contributed by atoms with Crippen LogP contribution in [0.25, 0.3) is 0 Å². The number of nitrogens with one attached hydrogen (secondary N) is 1. The van der Waals surface area contributed by atoms with Crippen LogP contribution in [0.2, 0.25) is 5.02 Å². The van der Waals surface area contributed by atoms with Gasteiger partial charge in [0.05, 0.1) is 17.0 Å². The first kappa shape index (κ1) is 28.3. The van der Waals surface area contributed by atoms with Gasteiger partial charge in [0, 0.05) is 19.6 Å². The SMILES string of the molecule is CC(C)(C)OC(=O)N(CCCc1ccc(Cl)c(C(=O)NCC23CCCC(CCC2)C3)c1)CCC(=O)O. The average molecular weight is 521 g/mol. The number of carbonyl (C=O) groups is 3. The van der Waals surface area contributed by atoms with Gasteiger partial charge >= 0.3 is 12.1 Å². The molecule has 2 N–H and O–H groups in total. The van der Waals surface area contributed by atoms with Crippen LogP contribution in [0.3, 0.4) is 0 Å². The van der Waals surface area contributed by atoms with Crippen molar-refractivity contribution in [1.29, 1.82) is 0 Å². The first-order chi connectivity index (χ1) is 17.0.